The van der Waals surface area contributed by atoms with E-state index in [1.807, 2.05) is 61.5 Å². The van der Waals surface area contributed by atoms with Gasteiger partial charge in [0.15, 0.2) is 6.61 Å². The Kier molecular flexibility index (Phi) is 9.29. The molecule has 0 bridgehead atoms. The van der Waals surface area contributed by atoms with Crippen LogP contribution in [0.25, 0.3) is 0 Å². The first-order valence-corrected chi connectivity index (χ1v) is 12.3. The van der Waals surface area contributed by atoms with Crippen LogP contribution >= 0.6 is 0 Å². The molecule has 3 atom stereocenters. The number of piperidine rings is 1. The van der Waals surface area contributed by atoms with E-state index in [0.29, 0.717) is 18.7 Å². The Morgan fingerprint density at radius 2 is 1.80 bits per heavy atom. The number of para-hydroxylation sites is 1. The maximum atomic E-state index is 13.3. The Hall–Kier alpha value is -3.35. The summed E-state index contributed by atoms with van der Waals surface area (Å²) in [7, 11) is 3.28. The SMILES string of the molecule is CCCCN1C(=O)CCC(C(=O)OCC(=O)N(C)C(C)c2ccccc2)C1c1ccccc1OC. The second-order valence-electron chi connectivity index (χ2n) is 8.97. The quantitative estimate of drug-likeness (QED) is 0.467. The molecule has 1 saturated heterocycles. The van der Waals surface area contributed by atoms with Crippen LogP contribution in [0.2, 0.25) is 0 Å². The van der Waals surface area contributed by atoms with Gasteiger partial charge in [-0.05, 0) is 31.4 Å². The van der Waals surface area contributed by atoms with Gasteiger partial charge in [-0.1, -0.05) is 61.9 Å². The van der Waals surface area contributed by atoms with E-state index in [1.165, 1.54) is 0 Å². The van der Waals surface area contributed by atoms with E-state index in [-0.39, 0.29) is 30.9 Å². The summed E-state index contributed by atoms with van der Waals surface area (Å²) in [6.45, 7) is 4.21. The van der Waals surface area contributed by atoms with Gasteiger partial charge in [0, 0.05) is 25.6 Å². The van der Waals surface area contributed by atoms with Crippen molar-refractivity contribution in [3.63, 3.8) is 0 Å². The Morgan fingerprint density at radius 1 is 1.11 bits per heavy atom. The van der Waals surface area contributed by atoms with Gasteiger partial charge >= 0.3 is 5.97 Å². The zero-order chi connectivity index (χ0) is 25.4. The highest BCUT2D eigenvalue weighted by atomic mass is 16.5. The summed E-state index contributed by atoms with van der Waals surface area (Å²) in [5.41, 5.74) is 1.78. The second kappa shape index (κ2) is 12.4. The van der Waals surface area contributed by atoms with E-state index >= 15 is 0 Å². The van der Waals surface area contributed by atoms with E-state index in [0.717, 1.165) is 24.0 Å². The minimum Gasteiger partial charge on any atom is -0.496 e. The van der Waals surface area contributed by atoms with Crippen molar-refractivity contribution >= 4 is 17.8 Å². The molecular formula is C28H36N2O5. The van der Waals surface area contributed by atoms with Crippen LogP contribution in [-0.2, 0) is 19.1 Å². The molecule has 0 aromatic heterocycles. The number of rotatable bonds is 10. The lowest BCUT2D eigenvalue weighted by molar-refractivity contribution is -0.162. The third-order valence-corrected chi connectivity index (χ3v) is 6.81. The Bertz CT molecular complexity index is 1010. The Labute approximate surface area is 208 Å². The van der Waals surface area contributed by atoms with Crippen molar-refractivity contribution in [3.05, 3.63) is 65.7 Å². The van der Waals surface area contributed by atoms with Gasteiger partial charge in [0.05, 0.1) is 25.1 Å². The molecule has 0 aliphatic carbocycles. The molecule has 0 radical (unpaired) electrons. The lowest BCUT2D eigenvalue weighted by Crippen LogP contribution is -2.46. The molecule has 7 nitrogen and oxygen atoms in total. The van der Waals surface area contributed by atoms with Gasteiger partial charge in [-0.2, -0.15) is 0 Å². The fourth-order valence-electron chi connectivity index (χ4n) is 4.60. The molecule has 0 spiro atoms. The first-order valence-electron chi connectivity index (χ1n) is 12.3. The van der Waals surface area contributed by atoms with Gasteiger partial charge in [-0.15, -0.1) is 0 Å². The van der Waals surface area contributed by atoms with E-state index in [2.05, 4.69) is 6.92 Å². The van der Waals surface area contributed by atoms with Crippen LogP contribution in [0.3, 0.4) is 0 Å². The molecule has 7 heteroatoms. The molecular weight excluding hydrogens is 444 g/mol. The van der Waals surface area contributed by atoms with Crippen LogP contribution in [0.5, 0.6) is 5.75 Å². The number of likely N-dealkylation sites (tertiary alicyclic amines) is 1. The van der Waals surface area contributed by atoms with Crippen molar-refractivity contribution < 1.29 is 23.9 Å². The summed E-state index contributed by atoms with van der Waals surface area (Å²) in [6, 6.07) is 16.5. The Balaban J connectivity index is 1.77. The summed E-state index contributed by atoms with van der Waals surface area (Å²) in [5.74, 6) is -0.683. The number of likely N-dealkylation sites (N-methyl/N-ethyl adjacent to an activating group) is 1. The highest BCUT2D eigenvalue weighted by Crippen LogP contribution is 2.41. The molecule has 188 valence electrons. The number of hydrogen-bond donors (Lipinski definition) is 0. The topological polar surface area (TPSA) is 76.2 Å². The first-order chi connectivity index (χ1) is 16.9. The van der Waals surface area contributed by atoms with Gasteiger partial charge in [0.2, 0.25) is 5.91 Å². The number of methoxy groups -OCH3 is 1. The Morgan fingerprint density at radius 3 is 2.49 bits per heavy atom. The average molecular weight is 481 g/mol. The van der Waals surface area contributed by atoms with Crippen molar-refractivity contribution in [2.45, 2.75) is 51.6 Å². The molecule has 2 aromatic rings. The highest BCUT2D eigenvalue weighted by molar-refractivity contribution is 5.85. The van der Waals surface area contributed by atoms with Gasteiger partial charge in [0.1, 0.15) is 5.75 Å². The predicted octanol–water partition coefficient (Wildman–Crippen LogP) is 4.54. The minimum absolute atomic E-state index is 0.0194. The standard InChI is InChI=1S/C28H36N2O5/c1-5-6-18-30-25(31)17-16-23(27(30)22-14-10-11-15-24(22)34-4)28(33)35-19-26(32)29(3)20(2)21-12-8-7-9-13-21/h7-15,20,23,27H,5-6,16-19H2,1-4H3. The number of carbonyl (C=O) groups excluding carboxylic acids is 3. The number of nitrogens with zero attached hydrogens (tertiary/aromatic N) is 2. The molecule has 0 saturated carbocycles. The van der Waals surface area contributed by atoms with Crippen molar-refractivity contribution in [2.75, 3.05) is 27.3 Å². The molecule has 0 N–H and O–H groups in total. The van der Waals surface area contributed by atoms with Crippen LogP contribution in [0, 0.1) is 5.92 Å². The van der Waals surface area contributed by atoms with Crippen LogP contribution < -0.4 is 4.74 Å². The van der Waals surface area contributed by atoms with Crippen LogP contribution in [0.1, 0.15) is 62.7 Å². The third-order valence-electron chi connectivity index (χ3n) is 6.81. The largest absolute Gasteiger partial charge is 0.496 e. The monoisotopic (exact) mass is 480 g/mol. The zero-order valence-electron chi connectivity index (χ0n) is 21.1. The fraction of sp³-hybridized carbons (Fsp3) is 0.464. The normalized spacial score (nSPS) is 18.6. The summed E-state index contributed by atoms with van der Waals surface area (Å²) in [6.07, 6.45) is 2.40. The number of unbranched alkanes of at least 4 members (excludes halogenated alkanes) is 1. The molecule has 1 heterocycles. The number of amides is 2. The summed E-state index contributed by atoms with van der Waals surface area (Å²) in [4.78, 5) is 42.4. The van der Waals surface area contributed by atoms with E-state index in [9.17, 15) is 14.4 Å². The number of hydrogen-bond acceptors (Lipinski definition) is 5. The predicted molar refractivity (Wildman–Crippen MR) is 134 cm³/mol. The molecule has 2 amide bonds. The smallest absolute Gasteiger partial charge is 0.311 e. The summed E-state index contributed by atoms with van der Waals surface area (Å²) in [5, 5.41) is 0. The number of carbonyl (C=O) groups is 3. The summed E-state index contributed by atoms with van der Waals surface area (Å²) < 4.78 is 11.1. The molecule has 3 rings (SSSR count). The lowest BCUT2D eigenvalue weighted by Gasteiger charge is -2.41. The lowest BCUT2D eigenvalue weighted by atomic mass is 9.83. The first kappa shape index (κ1) is 26.3. The molecule has 1 fully saturated rings. The zero-order valence-corrected chi connectivity index (χ0v) is 21.1. The molecule has 3 unspecified atom stereocenters. The van der Waals surface area contributed by atoms with Crippen LogP contribution in [-0.4, -0.2) is 54.9 Å². The van der Waals surface area contributed by atoms with Crippen LogP contribution in [0.4, 0.5) is 0 Å². The number of esters is 1. The third kappa shape index (κ3) is 6.21. The molecule has 2 aromatic carbocycles. The number of ether oxygens (including phenoxy) is 2. The summed E-state index contributed by atoms with van der Waals surface area (Å²) >= 11 is 0. The van der Waals surface area contributed by atoms with E-state index < -0.39 is 17.9 Å². The van der Waals surface area contributed by atoms with Crippen molar-refractivity contribution in [3.8, 4) is 5.75 Å². The van der Waals surface area contributed by atoms with Gasteiger partial charge < -0.3 is 19.3 Å². The van der Waals surface area contributed by atoms with E-state index in [1.54, 1.807) is 24.0 Å². The van der Waals surface area contributed by atoms with Crippen molar-refractivity contribution in [1.29, 1.82) is 0 Å². The van der Waals surface area contributed by atoms with Crippen molar-refractivity contribution in [1.82, 2.24) is 9.80 Å². The minimum atomic E-state index is -0.578. The molecule has 35 heavy (non-hydrogen) atoms. The molecule has 1 aliphatic heterocycles. The fourth-order valence-corrected chi connectivity index (χ4v) is 4.60. The second-order valence-corrected chi connectivity index (χ2v) is 8.97. The average Bonchev–Trinajstić information content (AvgIpc) is 2.90. The highest BCUT2D eigenvalue weighted by Gasteiger charge is 2.42. The van der Waals surface area contributed by atoms with Gasteiger partial charge in [-0.25, -0.2) is 0 Å². The van der Waals surface area contributed by atoms with Crippen molar-refractivity contribution in [2.24, 2.45) is 5.92 Å². The van der Waals surface area contributed by atoms with Gasteiger partial charge in [-0.3, -0.25) is 14.4 Å². The van der Waals surface area contributed by atoms with Crippen LogP contribution in [0.15, 0.2) is 54.6 Å². The maximum absolute atomic E-state index is 13.3. The molecule has 1 aliphatic rings. The maximum Gasteiger partial charge on any atom is 0.311 e. The number of benzene rings is 2. The van der Waals surface area contributed by atoms with E-state index in [4.69, 9.17) is 9.47 Å². The van der Waals surface area contributed by atoms with Gasteiger partial charge in [0.25, 0.3) is 5.91 Å².